The Morgan fingerprint density at radius 3 is 2.50 bits per heavy atom. The summed E-state index contributed by atoms with van der Waals surface area (Å²) < 4.78 is 13.4. The van der Waals surface area contributed by atoms with Gasteiger partial charge in [0.15, 0.2) is 0 Å². The second-order valence-corrected chi connectivity index (χ2v) is 4.13. The Morgan fingerprint density at radius 1 is 1.42 bits per heavy atom. The molecule has 1 fully saturated rings. The summed E-state index contributed by atoms with van der Waals surface area (Å²) in [6, 6.07) is 0. The number of alkyl halides is 1. The van der Waals surface area contributed by atoms with Gasteiger partial charge in [0, 0.05) is 5.92 Å². The van der Waals surface area contributed by atoms with Crippen LogP contribution in [0.4, 0.5) is 4.39 Å². The van der Waals surface area contributed by atoms with E-state index in [1.165, 1.54) is 0 Å². The summed E-state index contributed by atoms with van der Waals surface area (Å²) in [5, 5.41) is 0. The van der Waals surface area contributed by atoms with Gasteiger partial charge in [0.25, 0.3) is 0 Å². The maximum Gasteiger partial charge on any atom is 0.123 e. The molecule has 1 aliphatic carbocycles. The zero-order valence-electron chi connectivity index (χ0n) is 7.79. The molecule has 0 spiro atoms. The molecule has 0 amide bonds. The fourth-order valence-electron chi connectivity index (χ4n) is 2.04. The summed E-state index contributed by atoms with van der Waals surface area (Å²) in [6.45, 7) is 4.11. The van der Waals surface area contributed by atoms with Gasteiger partial charge in [-0.2, -0.15) is 0 Å². The number of hydrogen-bond donors (Lipinski definition) is 0. The van der Waals surface area contributed by atoms with Gasteiger partial charge in [0.2, 0.25) is 0 Å². The van der Waals surface area contributed by atoms with Crippen molar-refractivity contribution >= 4 is 6.29 Å². The van der Waals surface area contributed by atoms with E-state index in [9.17, 15) is 9.18 Å². The van der Waals surface area contributed by atoms with Crippen LogP contribution in [0.25, 0.3) is 0 Å². The summed E-state index contributed by atoms with van der Waals surface area (Å²) >= 11 is 0. The lowest BCUT2D eigenvalue weighted by Gasteiger charge is -2.31. The van der Waals surface area contributed by atoms with E-state index in [2.05, 4.69) is 13.8 Å². The zero-order valence-corrected chi connectivity index (χ0v) is 7.79. The van der Waals surface area contributed by atoms with Crippen molar-refractivity contribution in [2.75, 3.05) is 0 Å². The quantitative estimate of drug-likeness (QED) is 0.585. The average molecular weight is 172 g/mol. The summed E-state index contributed by atoms with van der Waals surface area (Å²) in [5.41, 5.74) is 0. The number of carbonyl (C=O) groups excluding carboxylic acids is 1. The molecule has 0 heterocycles. The fourth-order valence-corrected chi connectivity index (χ4v) is 2.04. The predicted octanol–water partition coefficient (Wildman–Crippen LogP) is 2.60. The van der Waals surface area contributed by atoms with Gasteiger partial charge in [0.1, 0.15) is 12.5 Å². The minimum Gasteiger partial charge on any atom is -0.303 e. The Bertz CT molecular complexity index is 156. The van der Waals surface area contributed by atoms with Crippen molar-refractivity contribution in [2.24, 2.45) is 17.8 Å². The molecule has 1 aliphatic rings. The van der Waals surface area contributed by atoms with Crippen LogP contribution in [0.2, 0.25) is 0 Å². The van der Waals surface area contributed by atoms with Gasteiger partial charge in [-0.05, 0) is 31.1 Å². The van der Waals surface area contributed by atoms with Crippen molar-refractivity contribution in [3.8, 4) is 0 Å². The first-order chi connectivity index (χ1) is 5.65. The molecule has 3 unspecified atom stereocenters. The number of rotatable bonds is 2. The molecule has 0 saturated heterocycles. The Labute approximate surface area is 73.3 Å². The Balaban J connectivity index is 2.47. The SMILES string of the molecule is CC(C)C1CCC(C=O)CC1F. The van der Waals surface area contributed by atoms with Crippen molar-refractivity contribution in [3.63, 3.8) is 0 Å². The first-order valence-electron chi connectivity index (χ1n) is 4.74. The Hall–Kier alpha value is -0.400. The second-order valence-electron chi connectivity index (χ2n) is 4.13. The smallest absolute Gasteiger partial charge is 0.123 e. The molecule has 12 heavy (non-hydrogen) atoms. The van der Waals surface area contributed by atoms with Crippen molar-refractivity contribution < 1.29 is 9.18 Å². The van der Waals surface area contributed by atoms with Gasteiger partial charge in [-0.25, -0.2) is 4.39 Å². The molecule has 1 nitrogen and oxygen atoms in total. The molecule has 0 bridgehead atoms. The molecule has 0 radical (unpaired) electrons. The van der Waals surface area contributed by atoms with E-state index >= 15 is 0 Å². The highest BCUT2D eigenvalue weighted by Gasteiger charge is 2.31. The van der Waals surface area contributed by atoms with Gasteiger partial charge in [-0.3, -0.25) is 0 Å². The van der Waals surface area contributed by atoms with E-state index in [0.717, 1.165) is 19.1 Å². The van der Waals surface area contributed by atoms with Crippen molar-refractivity contribution in [1.29, 1.82) is 0 Å². The molecule has 0 N–H and O–H groups in total. The molecule has 1 rings (SSSR count). The first kappa shape index (κ1) is 9.69. The highest BCUT2D eigenvalue weighted by molar-refractivity contribution is 5.53. The topological polar surface area (TPSA) is 17.1 Å². The van der Waals surface area contributed by atoms with E-state index < -0.39 is 6.17 Å². The molecule has 0 aliphatic heterocycles. The number of halogens is 1. The lowest BCUT2D eigenvalue weighted by Crippen LogP contribution is -2.30. The molecule has 2 heteroatoms. The first-order valence-corrected chi connectivity index (χ1v) is 4.74. The van der Waals surface area contributed by atoms with Crippen molar-refractivity contribution in [1.82, 2.24) is 0 Å². The maximum atomic E-state index is 13.4. The third kappa shape index (κ3) is 2.05. The third-order valence-corrected chi connectivity index (χ3v) is 2.91. The zero-order chi connectivity index (χ0) is 9.14. The largest absolute Gasteiger partial charge is 0.303 e. The maximum absolute atomic E-state index is 13.4. The minimum atomic E-state index is -0.756. The highest BCUT2D eigenvalue weighted by Crippen LogP contribution is 2.34. The minimum absolute atomic E-state index is 0.0185. The van der Waals surface area contributed by atoms with Crippen LogP contribution in [0.5, 0.6) is 0 Å². The van der Waals surface area contributed by atoms with E-state index in [1.807, 2.05) is 0 Å². The predicted molar refractivity (Wildman–Crippen MR) is 46.6 cm³/mol. The lowest BCUT2D eigenvalue weighted by molar-refractivity contribution is -0.113. The third-order valence-electron chi connectivity index (χ3n) is 2.91. The summed E-state index contributed by atoms with van der Waals surface area (Å²) in [7, 11) is 0. The lowest BCUT2D eigenvalue weighted by atomic mass is 9.76. The summed E-state index contributed by atoms with van der Waals surface area (Å²) in [6.07, 6.45) is 2.36. The van der Waals surface area contributed by atoms with E-state index in [1.54, 1.807) is 0 Å². The Morgan fingerprint density at radius 2 is 2.08 bits per heavy atom. The standard InChI is InChI=1S/C10H17FO/c1-7(2)9-4-3-8(6-12)5-10(9)11/h6-10H,3-5H2,1-2H3. The van der Waals surface area contributed by atoms with Crippen LogP contribution < -0.4 is 0 Å². The summed E-state index contributed by atoms with van der Waals surface area (Å²) in [5.74, 6) is 0.573. The van der Waals surface area contributed by atoms with Crippen LogP contribution in [0.1, 0.15) is 33.1 Å². The molecule has 0 aromatic rings. The molecule has 3 atom stereocenters. The molecule has 70 valence electrons. The van der Waals surface area contributed by atoms with Crippen LogP contribution in [-0.4, -0.2) is 12.5 Å². The van der Waals surface area contributed by atoms with Crippen LogP contribution in [0.3, 0.4) is 0 Å². The van der Waals surface area contributed by atoms with Gasteiger partial charge in [-0.15, -0.1) is 0 Å². The average Bonchev–Trinajstić information content (AvgIpc) is 2.03. The van der Waals surface area contributed by atoms with E-state index in [4.69, 9.17) is 0 Å². The van der Waals surface area contributed by atoms with Gasteiger partial charge in [-0.1, -0.05) is 13.8 Å². The number of hydrogen-bond acceptors (Lipinski definition) is 1. The van der Waals surface area contributed by atoms with Crippen molar-refractivity contribution in [3.05, 3.63) is 0 Å². The monoisotopic (exact) mass is 172 g/mol. The Kier molecular flexibility index (Phi) is 3.24. The molecule has 0 aromatic heterocycles. The molecule has 1 saturated carbocycles. The highest BCUT2D eigenvalue weighted by atomic mass is 19.1. The van der Waals surface area contributed by atoms with E-state index in [0.29, 0.717) is 12.3 Å². The number of aldehydes is 1. The number of carbonyl (C=O) groups is 1. The van der Waals surface area contributed by atoms with Crippen LogP contribution in [-0.2, 0) is 4.79 Å². The fraction of sp³-hybridized carbons (Fsp3) is 0.900. The normalized spacial score (nSPS) is 36.8. The van der Waals surface area contributed by atoms with Gasteiger partial charge >= 0.3 is 0 Å². The molecular weight excluding hydrogens is 155 g/mol. The van der Waals surface area contributed by atoms with Crippen LogP contribution in [0.15, 0.2) is 0 Å². The van der Waals surface area contributed by atoms with Crippen LogP contribution >= 0.6 is 0 Å². The van der Waals surface area contributed by atoms with Crippen molar-refractivity contribution in [2.45, 2.75) is 39.3 Å². The molecular formula is C10H17FO. The summed E-state index contributed by atoms with van der Waals surface area (Å²) in [4.78, 5) is 10.4. The van der Waals surface area contributed by atoms with Crippen LogP contribution in [0, 0.1) is 17.8 Å². The second kappa shape index (κ2) is 4.01. The molecule has 0 aromatic carbocycles. The van der Waals surface area contributed by atoms with Gasteiger partial charge < -0.3 is 4.79 Å². The van der Waals surface area contributed by atoms with E-state index in [-0.39, 0.29) is 11.8 Å². The van der Waals surface area contributed by atoms with Gasteiger partial charge in [0.05, 0.1) is 0 Å².